The van der Waals surface area contributed by atoms with Crippen molar-refractivity contribution >= 4 is 11.8 Å². The van der Waals surface area contributed by atoms with Crippen LogP contribution in [0.3, 0.4) is 0 Å². The Morgan fingerprint density at radius 2 is 2.00 bits per heavy atom. The Labute approximate surface area is 104 Å². The van der Waals surface area contributed by atoms with E-state index in [9.17, 15) is 9.59 Å². The van der Waals surface area contributed by atoms with Crippen molar-refractivity contribution in [1.29, 1.82) is 0 Å². The van der Waals surface area contributed by atoms with Gasteiger partial charge in [-0.05, 0) is 30.7 Å². The molecule has 92 valence electrons. The number of hydrogen-bond donors (Lipinski definition) is 1. The number of carbonyl (C=O) groups excluding carboxylic acids is 1. The lowest BCUT2D eigenvalue weighted by molar-refractivity contribution is -0.138. The third-order valence-corrected chi connectivity index (χ3v) is 2.76. The van der Waals surface area contributed by atoms with Gasteiger partial charge in [-0.2, -0.15) is 0 Å². The summed E-state index contributed by atoms with van der Waals surface area (Å²) in [5.41, 5.74) is 1.02. The molecule has 0 bridgehead atoms. The molecule has 4 heteroatoms. The summed E-state index contributed by atoms with van der Waals surface area (Å²) in [6, 6.07) is 9.81. The number of carboxylic acids is 1. The van der Waals surface area contributed by atoms with Crippen molar-refractivity contribution in [2.24, 2.45) is 0 Å². The quantitative estimate of drug-likeness (QED) is 0.839. The number of hydrogen-bond acceptors (Lipinski definition) is 3. The highest BCUT2D eigenvalue weighted by Crippen LogP contribution is 2.19. The fraction of sp³-hybridized carbons (Fsp3) is 0.143. The number of aliphatic carboxylic acids is 1. The van der Waals surface area contributed by atoms with Gasteiger partial charge in [0.1, 0.15) is 0 Å². The SMILES string of the molecule is C[C@H](C(=O)O)c1cccc(C(=O)c2ccco2)c1. The highest BCUT2D eigenvalue weighted by atomic mass is 16.4. The van der Waals surface area contributed by atoms with E-state index in [0.29, 0.717) is 11.1 Å². The van der Waals surface area contributed by atoms with Crippen molar-refractivity contribution < 1.29 is 19.1 Å². The molecule has 0 fully saturated rings. The number of furan rings is 1. The minimum atomic E-state index is -0.919. The second kappa shape index (κ2) is 4.87. The van der Waals surface area contributed by atoms with Gasteiger partial charge in [0.2, 0.25) is 5.78 Å². The fourth-order valence-corrected chi connectivity index (χ4v) is 1.64. The van der Waals surface area contributed by atoms with Crippen LogP contribution in [0.15, 0.2) is 47.1 Å². The van der Waals surface area contributed by atoms with Gasteiger partial charge in [-0.15, -0.1) is 0 Å². The lowest BCUT2D eigenvalue weighted by Gasteiger charge is -2.07. The first-order valence-corrected chi connectivity index (χ1v) is 5.50. The maximum Gasteiger partial charge on any atom is 0.310 e. The van der Waals surface area contributed by atoms with E-state index in [-0.39, 0.29) is 11.5 Å². The predicted octanol–water partition coefficient (Wildman–Crippen LogP) is 2.70. The van der Waals surface area contributed by atoms with Crippen molar-refractivity contribution in [1.82, 2.24) is 0 Å². The molecule has 0 saturated carbocycles. The molecule has 0 spiro atoms. The third kappa shape index (κ3) is 2.32. The molecule has 0 aliphatic carbocycles. The van der Waals surface area contributed by atoms with E-state index in [4.69, 9.17) is 9.52 Å². The zero-order chi connectivity index (χ0) is 13.1. The molecule has 18 heavy (non-hydrogen) atoms. The molecule has 2 rings (SSSR count). The average Bonchev–Trinajstić information content (AvgIpc) is 2.91. The summed E-state index contributed by atoms with van der Waals surface area (Å²) in [7, 11) is 0. The normalized spacial score (nSPS) is 12.1. The number of carboxylic acid groups (broad SMARTS) is 1. The Morgan fingerprint density at radius 1 is 1.22 bits per heavy atom. The molecule has 1 aromatic heterocycles. The van der Waals surface area contributed by atoms with Crippen LogP contribution < -0.4 is 0 Å². The minimum absolute atomic E-state index is 0.245. The molecule has 0 amide bonds. The molecule has 0 unspecified atom stereocenters. The van der Waals surface area contributed by atoms with Crippen LogP contribution in [0.5, 0.6) is 0 Å². The first kappa shape index (κ1) is 12.1. The van der Waals surface area contributed by atoms with Gasteiger partial charge >= 0.3 is 5.97 Å². The zero-order valence-corrected chi connectivity index (χ0v) is 9.79. The predicted molar refractivity (Wildman–Crippen MR) is 64.6 cm³/mol. The Kier molecular flexibility index (Phi) is 3.28. The molecule has 0 radical (unpaired) electrons. The number of carbonyl (C=O) groups is 2. The van der Waals surface area contributed by atoms with E-state index in [1.54, 1.807) is 43.3 Å². The molecule has 0 aliphatic rings. The smallest absolute Gasteiger partial charge is 0.310 e. The summed E-state index contributed by atoms with van der Waals surface area (Å²) < 4.78 is 5.03. The van der Waals surface area contributed by atoms with Crippen LogP contribution in [0.4, 0.5) is 0 Å². The third-order valence-electron chi connectivity index (χ3n) is 2.76. The lowest BCUT2D eigenvalue weighted by atomic mass is 9.97. The van der Waals surface area contributed by atoms with Crippen molar-refractivity contribution in [2.45, 2.75) is 12.8 Å². The Morgan fingerprint density at radius 3 is 2.61 bits per heavy atom. The van der Waals surface area contributed by atoms with Crippen LogP contribution in [0, 0.1) is 0 Å². The molecule has 1 aromatic carbocycles. The highest BCUT2D eigenvalue weighted by molar-refractivity contribution is 6.07. The van der Waals surface area contributed by atoms with Crippen LogP contribution in [0.25, 0.3) is 0 Å². The van der Waals surface area contributed by atoms with Gasteiger partial charge in [0, 0.05) is 5.56 Å². The van der Waals surface area contributed by atoms with Gasteiger partial charge < -0.3 is 9.52 Å². The number of ketones is 1. The molecule has 0 saturated heterocycles. The minimum Gasteiger partial charge on any atom is -0.481 e. The van der Waals surface area contributed by atoms with Gasteiger partial charge in [0.15, 0.2) is 5.76 Å². The standard InChI is InChI=1S/C14H12O4/c1-9(14(16)17)10-4-2-5-11(8-10)13(15)12-6-3-7-18-12/h2-9H,1H3,(H,16,17)/t9-/m0/s1. The van der Waals surface area contributed by atoms with Gasteiger partial charge in [0.05, 0.1) is 12.2 Å². The first-order chi connectivity index (χ1) is 8.59. The van der Waals surface area contributed by atoms with Crippen molar-refractivity contribution in [3.63, 3.8) is 0 Å². The van der Waals surface area contributed by atoms with Crippen LogP contribution in [0.2, 0.25) is 0 Å². The second-order valence-corrected chi connectivity index (χ2v) is 3.99. The molecule has 1 N–H and O–H groups in total. The van der Waals surface area contributed by atoms with E-state index in [1.165, 1.54) is 6.26 Å². The van der Waals surface area contributed by atoms with Crippen molar-refractivity contribution in [3.05, 3.63) is 59.5 Å². The molecular weight excluding hydrogens is 232 g/mol. The Bertz CT molecular complexity index is 569. The average molecular weight is 244 g/mol. The van der Waals surface area contributed by atoms with E-state index in [1.807, 2.05) is 0 Å². The maximum absolute atomic E-state index is 12.0. The molecule has 4 nitrogen and oxygen atoms in total. The van der Waals surface area contributed by atoms with E-state index in [0.717, 1.165) is 0 Å². The van der Waals surface area contributed by atoms with Gasteiger partial charge in [-0.1, -0.05) is 18.2 Å². The fourth-order valence-electron chi connectivity index (χ4n) is 1.64. The summed E-state index contributed by atoms with van der Waals surface area (Å²) >= 11 is 0. The maximum atomic E-state index is 12.0. The molecule has 0 aliphatic heterocycles. The number of benzene rings is 1. The zero-order valence-electron chi connectivity index (χ0n) is 9.79. The van der Waals surface area contributed by atoms with Crippen LogP contribution in [-0.2, 0) is 4.79 Å². The van der Waals surface area contributed by atoms with Crippen molar-refractivity contribution in [3.8, 4) is 0 Å². The highest BCUT2D eigenvalue weighted by Gasteiger charge is 2.17. The molecular formula is C14H12O4. The summed E-state index contributed by atoms with van der Waals surface area (Å²) in [5, 5.41) is 8.95. The largest absolute Gasteiger partial charge is 0.481 e. The Hall–Kier alpha value is -2.36. The van der Waals surface area contributed by atoms with Gasteiger partial charge in [-0.3, -0.25) is 9.59 Å². The summed E-state index contributed by atoms with van der Waals surface area (Å²) in [4.78, 5) is 22.9. The summed E-state index contributed by atoms with van der Waals surface area (Å²) in [6.45, 7) is 1.58. The van der Waals surface area contributed by atoms with Crippen LogP contribution in [-0.4, -0.2) is 16.9 Å². The summed E-state index contributed by atoms with van der Waals surface area (Å²) in [6.07, 6.45) is 1.43. The molecule has 1 atom stereocenters. The van der Waals surface area contributed by atoms with Crippen LogP contribution >= 0.6 is 0 Å². The summed E-state index contributed by atoms with van der Waals surface area (Å²) in [5.74, 6) is -1.57. The van der Waals surface area contributed by atoms with E-state index in [2.05, 4.69) is 0 Å². The van der Waals surface area contributed by atoms with Crippen LogP contribution in [0.1, 0.15) is 34.5 Å². The topological polar surface area (TPSA) is 67.5 Å². The first-order valence-electron chi connectivity index (χ1n) is 5.50. The lowest BCUT2D eigenvalue weighted by Crippen LogP contribution is -2.08. The second-order valence-electron chi connectivity index (χ2n) is 3.99. The van der Waals surface area contributed by atoms with E-state index >= 15 is 0 Å². The molecule has 1 heterocycles. The monoisotopic (exact) mass is 244 g/mol. The number of rotatable bonds is 4. The Balaban J connectivity index is 2.33. The molecule has 2 aromatic rings. The van der Waals surface area contributed by atoms with Crippen molar-refractivity contribution in [2.75, 3.05) is 0 Å². The van der Waals surface area contributed by atoms with E-state index < -0.39 is 11.9 Å². The van der Waals surface area contributed by atoms with Gasteiger partial charge in [0.25, 0.3) is 0 Å². The van der Waals surface area contributed by atoms with Gasteiger partial charge in [-0.25, -0.2) is 0 Å².